The maximum Gasteiger partial charge on any atom is 0.433 e. The van der Waals surface area contributed by atoms with Crippen LogP contribution < -0.4 is 10.6 Å². The van der Waals surface area contributed by atoms with Gasteiger partial charge in [-0.2, -0.15) is 29.5 Å². The van der Waals surface area contributed by atoms with Crippen LogP contribution in [0.1, 0.15) is 18.2 Å². The minimum atomic E-state index is -4.49. The van der Waals surface area contributed by atoms with E-state index in [1.807, 2.05) is 16.8 Å². The van der Waals surface area contributed by atoms with Crippen molar-refractivity contribution >= 4 is 23.1 Å². The molecular weight excluding hydrogens is 301 g/mol. The monoisotopic (exact) mass is 316 g/mol. The van der Waals surface area contributed by atoms with Crippen LogP contribution in [0.5, 0.6) is 0 Å². The third-order valence-corrected chi connectivity index (χ3v) is 3.38. The van der Waals surface area contributed by atoms with E-state index < -0.39 is 11.9 Å². The molecule has 0 saturated carbocycles. The number of hydrogen-bond donors (Lipinski definition) is 2. The minimum absolute atomic E-state index is 0.0228. The lowest BCUT2D eigenvalue weighted by Gasteiger charge is -2.12. The molecule has 0 aromatic carbocycles. The zero-order valence-electron chi connectivity index (χ0n) is 11.4. The molecule has 2 heterocycles. The summed E-state index contributed by atoms with van der Waals surface area (Å²) in [5.41, 5.74) is 0.191. The predicted molar refractivity (Wildman–Crippen MR) is 77.7 cm³/mol. The van der Waals surface area contributed by atoms with E-state index in [0.717, 1.165) is 18.1 Å². The van der Waals surface area contributed by atoms with Gasteiger partial charge in [-0.1, -0.05) is 0 Å². The van der Waals surface area contributed by atoms with Crippen molar-refractivity contribution in [3.05, 3.63) is 34.2 Å². The topological polar surface area (TPSA) is 49.8 Å². The van der Waals surface area contributed by atoms with Gasteiger partial charge in [-0.05, 0) is 35.7 Å². The molecule has 0 aliphatic rings. The number of alkyl halides is 3. The van der Waals surface area contributed by atoms with Crippen molar-refractivity contribution in [1.82, 2.24) is 9.97 Å². The van der Waals surface area contributed by atoms with E-state index in [2.05, 4.69) is 20.6 Å². The van der Waals surface area contributed by atoms with Crippen molar-refractivity contribution in [1.29, 1.82) is 0 Å². The summed E-state index contributed by atoms with van der Waals surface area (Å²) >= 11 is 1.59. The Morgan fingerprint density at radius 3 is 2.67 bits per heavy atom. The van der Waals surface area contributed by atoms with Crippen molar-refractivity contribution in [3.63, 3.8) is 0 Å². The van der Waals surface area contributed by atoms with Crippen LogP contribution in [-0.4, -0.2) is 23.1 Å². The van der Waals surface area contributed by atoms with Crippen LogP contribution in [0.25, 0.3) is 0 Å². The average molecular weight is 316 g/mol. The summed E-state index contributed by atoms with van der Waals surface area (Å²) in [4.78, 5) is 7.49. The first kappa shape index (κ1) is 15.6. The summed E-state index contributed by atoms with van der Waals surface area (Å²) in [5.74, 6) is 0.147. The number of hydrogen-bond acceptors (Lipinski definition) is 5. The van der Waals surface area contributed by atoms with Gasteiger partial charge in [0.2, 0.25) is 5.95 Å². The van der Waals surface area contributed by atoms with Crippen LogP contribution in [0.4, 0.5) is 24.9 Å². The lowest BCUT2D eigenvalue weighted by atomic mass is 10.2. The highest BCUT2D eigenvalue weighted by Gasteiger charge is 2.33. The molecule has 0 aliphatic carbocycles. The summed E-state index contributed by atoms with van der Waals surface area (Å²) in [6.07, 6.45) is -3.76. The Balaban J connectivity index is 2.08. The molecule has 0 atom stereocenters. The zero-order valence-corrected chi connectivity index (χ0v) is 12.2. The predicted octanol–water partition coefficient (Wildman–Crippen LogP) is 3.64. The summed E-state index contributed by atoms with van der Waals surface area (Å²) in [5, 5.41) is 9.58. The lowest BCUT2D eigenvalue weighted by molar-refractivity contribution is -0.141. The number of halogens is 3. The number of anilines is 2. The second-order valence-corrected chi connectivity index (χ2v) is 5.08. The van der Waals surface area contributed by atoms with Gasteiger partial charge in [0, 0.05) is 19.2 Å². The van der Waals surface area contributed by atoms with Gasteiger partial charge in [0.05, 0.1) is 0 Å². The largest absolute Gasteiger partial charge is 0.433 e. The molecule has 21 heavy (non-hydrogen) atoms. The van der Waals surface area contributed by atoms with Gasteiger partial charge in [0.15, 0.2) is 5.69 Å². The van der Waals surface area contributed by atoms with Gasteiger partial charge < -0.3 is 10.6 Å². The SMILES string of the molecule is CCNc1nc(NCCc2ccsc2)cc(C(F)(F)F)n1. The van der Waals surface area contributed by atoms with Gasteiger partial charge in [-0.3, -0.25) is 0 Å². The highest BCUT2D eigenvalue weighted by atomic mass is 32.1. The molecule has 2 aromatic heterocycles. The fourth-order valence-electron chi connectivity index (χ4n) is 1.69. The van der Waals surface area contributed by atoms with Gasteiger partial charge in [-0.15, -0.1) is 0 Å². The Labute approximate surface area is 124 Å². The first-order valence-corrected chi connectivity index (χ1v) is 7.38. The maximum absolute atomic E-state index is 12.8. The second kappa shape index (κ2) is 6.75. The van der Waals surface area contributed by atoms with Crippen LogP contribution in [0.3, 0.4) is 0 Å². The maximum atomic E-state index is 12.8. The standard InChI is InChI=1S/C13H15F3N4S/c1-2-17-12-19-10(13(14,15)16)7-11(20-12)18-5-3-9-4-6-21-8-9/h4,6-8H,2-3,5H2,1H3,(H2,17,18,19,20). The van der Waals surface area contributed by atoms with E-state index in [4.69, 9.17) is 0 Å². The van der Waals surface area contributed by atoms with Gasteiger partial charge in [0.1, 0.15) is 5.82 Å². The molecule has 2 aromatic rings. The average Bonchev–Trinajstić information content (AvgIpc) is 2.91. The number of nitrogens with one attached hydrogen (secondary N) is 2. The summed E-state index contributed by atoms with van der Waals surface area (Å²) in [7, 11) is 0. The molecular formula is C13H15F3N4S. The van der Waals surface area contributed by atoms with Crippen molar-refractivity contribution < 1.29 is 13.2 Å². The van der Waals surface area contributed by atoms with Crippen LogP contribution >= 0.6 is 11.3 Å². The van der Waals surface area contributed by atoms with Crippen LogP contribution in [-0.2, 0) is 12.6 Å². The van der Waals surface area contributed by atoms with Crippen molar-refractivity contribution in [2.45, 2.75) is 19.5 Å². The van der Waals surface area contributed by atoms with E-state index in [-0.39, 0.29) is 11.8 Å². The molecule has 114 valence electrons. The third-order valence-electron chi connectivity index (χ3n) is 2.65. The molecule has 0 amide bonds. The quantitative estimate of drug-likeness (QED) is 0.854. The molecule has 0 unspecified atom stereocenters. The Bertz CT molecular complexity index is 569. The normalized spacial score (nSPS) is 11.4. The molecule has 0 aliphatic heterocycles. The summed E-state index contributed by atoms with van der Waals surface area (Å²) in [6.45, 7) is 2.74. The van der Waals surface area contributed by atoms with E-state index in [1.54, 1.807) is 18.3 Å². The van der Waals surface area contributed by atoms with Gasteiger partial charge in [0.25, 0.3) is 0 Å². The second-order valence-electron chi connectivity index (χ2n) is 4.30. The van der Waals surface area contributed by atoms with Crippen molar-refractivity contribution in [3.8, 4) is 0 Å². The van der Waals surface area contributed by atoms with Gasteiger partial charge >= 0.3 is 6.18 Å². The molecule has 0 radical (unpaired) electrons. The molecule has 2 N–H and O–H groups in total. The highest BCUT2D eigenvalue weighted by Crippen LogP contribution is 2.29. The minimum Gasteiger partial charge on any atom is -0.370 e. The Morgan fingerprint density at radius 2 is 2.05 bits per heavy atom. The van der Waals surface area contributed by atoms with E-state index in [9.17, 15) is 13.2 Å². The molecule has 0 fully saturated rings. The zero-order chi connectivity index (χ0) is 15.3. The molecule has 2 rings (SSSR count). The molecule has 4 nitrogen and oxygen atoms in total. The number of thiophene rings is 1. The van der Waals surface area contributed by atoms with E-state index in [0.29, 0.717) is 13.1 Å². The number of aromatic nitrogens is 2. The smallest absolute Gasteiger partial charge is 0.370 e. The first-order chi connectivity index (χ1) is 9.99. The fraction of sp³-hybridized carbons (Fsp3) is 0.385. The molecule has 0 saturated heterocycles. The van der Waals surface area contributed by atoms with Gasteiger partial charge in [-0.25, -0.2) is 4.98 Å². The third kappa shape index (κ3) is 4.59. The van der Waals surface area contributed by atoms with Crippen LogP contribution in [0.2, 0.25) is 0 Å². The van der Waals surface area contributed by atoms with E-state index >= 15 is 0 Å². The fourth-order valence-corrected chi connectivity index (χ4v) is 2.39. The molecule has 8 heteroatoms. The summed E-state index contributed by atoms with van der Waals surface area (Å²) < 4.78 is 38.4. The van der Waals surface area contributed by atoms with Crippen LogP contribution in [0, 0.1) is 0 Å². The van der Waals surface area contributed by atoms with Crippen molar-refractivity contribution in [2.24, 2.45) is 0 Å². The Morgan fingerprint density at radius 1 is 1.24 bits per heavy atom. The first-order valence-electron chi connectivity index (χ1n) is 6.44. The highest BCUT2D eigenvalue weighted by molar-refractivity contribution is 7.07. The molecule has 0 spiro atoms. The lowest BCUT2D eigenvalue weighted by Crippen LogP contribution is -2.15. The molecule has 0 bridgehead atoms. The Hall–Kier alpha value is -1.83. The Kier molecular flexibility index (Phi) is 5.00. The van der Waals surface area contributed by atoms with Crippen LogP contribution in [0.15, 0.2) is 22.9 Å². The number of nitrogens with zero attached hydrogens (tertiary/aromatic N) is 2. The summed E-state index contributed by atoms with van der Waals surface area (Å²) in [6, 6.07) is 2.91. The van der Waals surface area contributed by atoms with E-state index in [1.165, 1.54) is 0 Å². The number of rotatable bonds is 6. The van der Waals surface area contributed by atoms with Crippen molar-refractivity contribution in [2.75, 3.05) is 23.7 Å².